The second-order valence-corrected chi connectivity index (χ2v) is 7.65. The van der Waals surface area contributed by atoms with Crippen LogP contribution in [0.15, 0.2) is 0 Å². The fourth-order valence-electron chi connectivity index (χ4n) is 3.85. The Bertz CT molecular complexity index is 316. The second-order valence-electron chi connectivity index (χ2n) is 7.65. The summed E-state index contributed by atoms with van der Waals surface area (Å²) in [7, 11) is 0. The van der Waals surface area contributed by atoms with Crippen LogP contribution in [0.3, 0.4) is 0 Å². The summed E-state index contributed by atoms with van der Waals surface area (Å²) >= 11 is 0. The largest absolute Gasteiger partial charge is 0.300 e. The summed E-state index contributed by atoms with van der Waals surface area (Å²) in [6, 6.07) is 1.46. The molecule has 0 aromatic rings. The molecule has 19 heavy (non-hydrogen) atoms. The van der Waals surface area contributed by atoms with Crippen molar-refractivity contribution < 1.29 is 0 Å². The zero-order chi connectivity index (χ0) is 13.6. The summed E-state index contributed by atoms with van der Waals surface area (Å²) in [6.45, 7) is 17.3. The molecule has 0 radical (unpaired) electrons. The first-order valence-corrected chi connectivity index (χ1v) is 8.23. The molecule has 2 aliphatic heterocycles. The predicted octanol–water partition coefficient (Wildman–Crippen LogP) is 1.89. The molecule has 1 spiro atoms. The first kappa shape index (κ1) is 13.8. The van der Waals surface area contributed by atoms with E-state index < -0.39 is 0 Å². The van der Waals surface area contributed by atoms with Crippen molar-refractivity contribution in [1.29, 1.82) is 0 Å². The highest BCUT2D eigenvalue weighted by molar-refractivity contribution is 5.09. The molecule has 1 aliphatic carbocycles. The van der Waals surface area contributed by atoms with Crippen LogP contribution in [0.25, 0.3) is 0 Å². The Hall–Kier alpha value is -0.120. The Morgan fingerprint density at radius 2 is 1.58 bits per heavy atom. The molecule has 3 aliphatic rings. The van der Waals surface area contributed by atoms with Crippen molar-refractivity contribution >= 4 is 0 Å². The Labute approximate surface area is 118 Å². The summed E-state index contributed by atoms with van der Waals surface area (Å²) in [4.78, 5) is 8.13. The number of nitrogens with zero attached hydrogens (tertiary/aromatic N) is 3. The van der Waals surface area contributed by atoms with Gasteiger partial charge in [0.1, 0.15) is 0 Å². The van der Waals surface area contributed by atoms with E-state index in [2.05, 4.69) is 42.4 Å². The van der Waals surface area contributed by atoms with Gasteiger partial charge in [0.15, 0.2) is 0 Å². The highest BCUT2D eigenvalue weighted by Crippen LogP contribution is 2.45. The van der Waals surface area contributed by atoms with Crippen LogP contribution < -0.4 is 0 Å². The van der Waals surface area contributed by atoms with Crippen molar-refractivity contribution in [2.45, 2.75) is 58.2 Å². The van der Waals surface area contributed by atoms with Gasteiger partial charge >= 0.3 is 0 Å². The molecule has 0 aromatic carbocycles. The van der Waals surface area contributed by atoms with Gasteiger partial charge in [-0.2, -0.15) is 0 Å². The number of piperazine rings is 1. The maximum Gasteiger partial charge on any atom is 0.0338 e. The minimum atomic E-state index is 0.584. The fraction of sp³-hybridized carbons (Fsp3) is 1.00. The van der Waals surface area contributed by atoms with Crippen molar-refractivity contribution in [3.8, 4) is 0 Å². The van der Waals surface area contributed by atoms with E-state index in [-0.39, 0.29) is 0 Å². The molecular formula is C16H31N3. The standard InChI is InChI=1S/C16H31N3/c1-13(2)17-7-8-19(16(12-17)5-6-16)11-15-9-18(10-15)14(3)4/h13-15H,5-12H2,1-4H3. The molecule has 2 heterocycles. The van der Waals surface area contributed by atoms with Crippen LogP contribution in [-0.4, -0.2) is 71.6 Å². The molecule has 0 amide bonds. The van der Waals surface area contributed by atoms with E-state index in [4.69, 9.17) is 0 Å². The highest BCUT2D eigenvalue weighted by Gasteiger charge is 2.52. The van der Waals surface area contributed by atoms with Gasteiger partial charge in [-0.15, -0.1) is 0 Å². The van der Waals surface area contributed by atoms with Gasteiger partial charge in [0.05, 0.1) is 0 Å². The van der Waals surface area contributed by atoms with Crippen molar-refractivity contribution in [2.24, 2.45) is 5.92 Å². The lowest BCUT2D eigenvalue weighted by atomic mass is 9.95. The number of hydrogen-bond acceptors (Lipinski definition) is 3. The second kappa shape index (κ2) is 5.01. The van der Waals surface area contributed by atoms with E-state index in [9.17, 15) is 0 Å². The molecule has 2 saturated heterocycles. The molecule has 0 aromatic heterocycles. The molecule has 3 nitrogen and oxygen atoms in total. The first-order chi connectivity index (χ1) is 9.00. The lowest BCUT2D eigenvalue weighted by Crippen LogP contribution is -2.61. The van der Waals surface area contributed by atoms with Gasteiger partial charge in [-0.25, -0.2) is 0 Å². The fourth-order valence-corrected chi connectivity index (χ4v) is 3.85. The molecular weight excluding hydrogens is 234 g/mol. The van der Waals surface area contributed by atoms with Crippen LogP contribution in [0, 0.1) is 5.92 Å². The third-order valence-electron chi connectivity index (χ3n) is 5.58. The third kappa shape index (κ3) is 2.70. The normalized spacial score (nSPS) is 29.4. The van der Waals surface area contributed by atoms with E-state index >= 15 is 0 Å². The van der Waals surface area contributed by atoms with E-state index in [0.29, 0.717) is 5.54 Å². The van der Waals surface area contributed by atoms with Crippen molar-refractivity contribution in [1.82, 2.24) is 14.7 Å². The van der Waals surface area contributed by atoms with Crippen molar-refractivity contribution in [2.75, 3.05) is 39.3 Å². The SMILES string of the molecule is CC(C)N1CC(CN2CCN(C(C)C)CC23CC3)C1. The van der Waals surface area contributed by atoms with E-state index in [0.717, 1.165) is 18.0 Å². The average molecular weight is 265 g/mol. The molecule has 110 valence electrons. The minimum Gasteiger partial charge on any atom is -0.300 e. The zero-order valence-electron chi connectivity index (χ0n) is 13.2. The Balaban J connectivity index is 1.50. The summed E-state index contributed by atoms with van der Waals surface area (Å²) in [5.74, 6) is 0.936. The van der Waals surface area contributed by atoms with Crippen molar-refractivity contribution in [3.05, 3.63) is 0 Å². The average Bonchev–Trinajstić information content (AvgIpc) is 3.04. The molecule has 3 fully saturated rings. The summed E-state index contributed by atoms with van der Waals surface area (Å²) in [6.07, 6.45) is 2.88. The summed E-state index contributed by atoms with van der Waals surface area (Å²) < 4.78 is 0. The molecule has 0 N–H and O–H groups in total. The van der Waals surface area contributed by atoms with Gasteiger partial charge in [-0.3, -0.25) is 9.80 Å². The highest BCUT2D eigenvalue weighted by atomic mass is 15.4. The van der Waals surface area contributed by atoms with Gasteiger partial charge in [0, 0.05) is 56.9 Å². The van der Waals surface area contributed by atoms with Gasteiger partial charge in [-0.1, -0.05) is 0 Å². The Kier molecular flexibility index (Phi) is 3.65. The lowest BCUT2D eigenvalue weighted by molar-refractivity contribution is -0.00831. The van der Waals surface area contributed by atoms with Crippen LogP contribution in [0.1, 0.15) is 40.5 Å². The molecule has 0 unspecified atom stereocenters. The minimum absolute atomic E-state index is 0.584. The van der Waals surface area contributed by atoms with Gasteiger partial charge < -0.3 is 4.90 Å². The van der Waals surface area contributed by atoms with Gasteiger partial charge in [-0.05, 0) is 46.5 Å². The van der Waals surface area contributed by atoms with Crippen LogP contribution in [0.2, 0.25) is 0 Å². The van der Waals surface area contributed by atoms with Gasteiger partial charge in [0.25, 0.3) is 0 Å². The lowest BCUT2D eigenvalue weighted by Gasteiger charge is -2.49. The maximum absolute atomic E-state index is 2.84. The number of rotatable bonds is 4. The molecule has 1 saturated carbocycles. The maximum atomic E-state index is 2.84. The number of hydrogen-bond donors (Lipinski definition) is 0. The van der Waals surface area contributed by atoms with E-state index in [1.165, 1.54) is 52.1 Å². The first-order valence-electron chi connectivity index (χ1n) is 8.23. The predicted molar refractivity (Wildman–Crippen MR) is 80.4 cm³/mol. The van der Waals surface area contributed by atoms with E-state index in [1.807, 2.05) is 0 Å². The molecule has 0 bridgehead atoms. The smallest absolute Gasteiger partial charge is 0.0338 e. The van der Waals surface area contributed by atoms with Crippen LogP contribution in [-0.2, 0) is 0 Å². The third-order valence-corrected chi connectivity index (χ3v) is 5.58. The summed E-state index contributed by atoms with van der Waals surface area (Å²) in [5, 5.41) is 0. The summed E-state index contributed by atoms with van der Waals surface area (Å²) in [5.41, 5.74) is 0.584. The molecule has 0 atom stereocenters. The topological polar surface area (TPSA) is 9.72 Å². The number of likely N-dealkylation sites (tertiary alicyclic amines) is 1. The monoisotopic (exact) mass is 265 g/mol. The molecule has 3 rings (SSSR count). The van der Waals surface area contributed by atoms with E-state index in [1.54, 1.807) is 0 Å². The Morgan fingerprint density at radius 1 is 0.947 bits per heavy atom. The zero-order valence-corrected chi connectivity index (χ0v) is 13.2. The Morgan fingerprint density at radius 3 is 2.11 bits per heavy atom. The molecule has 3 heteroatoms. The quantitative estimate of drug-likeness (QED) is 0.768. The van der Waals surface area contributed by atoms with Crippen LogP contribution >= 0.6 is 0 Å². The van der Waals surface area contributed by atoms with Gasteiger partial charge in [0.2, 0.25) is 0 Å². The van der Waals surface area contributed by atoms with Crippen LogP contribution in [0.5, 0.6) is 0 Å². The van der Waals surface area contributed by atoms with Crippen LogP contribution in [0.4, 0.5) is 0 Å². The van der Waals surface area contributed by atoms with Crippen molar-refractivity contribution in [3.63, 3.8) is 0 Å².